The Bertz CT molecular complexity index is 1320. The number of aromatic nitrogens is 2. The number of anilines is 3. The molecule has 1 saturated carbocycles. The van der Waals surface area contributed by atoms with Gasteiger partial charge in [-0.25, -0.2) is 9.97 Å². The number of rotatable bonds is 4. The van der Waals surface area contributed by atoms with Crippen molar-refractivity contribution in [2.75, 3.05) is 10.6 Å². The van der Waals surface area contributed by atoms with Gasteiger partial charge in [0, 0.05) is 34.5 Å². The van der Waals surface area contributed by atoms with E-state index in [0.717, 1.165) is 35.7 Å². The Balaban J connectivity index is 1.28. The fraction of sp³-hybridized carbons (Fsp3) is 0.167. The predicted molar refractivity (Wildman–Crippen MR) is 133 cm³/mol. The number of thioether (sulfide) groups is 1. The van der Waals surface area contributed by atoms with Gasteiger partial charge < -0.3 is 21.4 Å². The normalized spacial score (nSPS) is 14.2. The molecule has 0 atom stereocenters. The van der Waals surface area contributed by atoms with Crippen LogP contribution in [0.1, 0.15) is 28.8 Å². The summed E-state index contributed by atoms with van der Waals surface area (Å²) in [6, 6.07) is 14.1. The number of amides is 2. The highest BCUT2D eigenvalue weighted by molar-refractivity contribution is 8.26. The quantitative estimate of drug-likeness (QED) is 0.333. The lowest BCUT2D eigenvalue weighted by Crippen LogP contribution is -2.28. The number of benzene rings is 2. The van der Waals surface area contributed by atoms with Crippen molar-refractivity contribution >= 4 is 51.1 Å². The molecule has 0 saturated heterocycles. The zero-order chi connectivity index (χ0) is 23.7. The van der Waals surface area contributed by atoms with Crippen molar-refractivity contribution in [3.05, 3.63) is 71.3 Å². The standard InChI is InChI=1S/C24H20N7O2S/c25-21(13-5-6-13)34-23(26)31-22(33)14-7-9-16(10-8-14)28-24-27-12-15-11-19(32)29-18-4-2-1-3-17(18)20(15)30-24/h1-4,7-10,12-13,25H,5-6,11H2,(H3-,26,27,28,29,30,31,32,33)/q-1. The minimum Gasteiger partial charge on any atom is -0.459 e. The molecule has 2 aliphatic rings. The number of amidine groups is 1. The van der Waals surface area contributed by atoms with Crippen LogP contribution in [0.4, 0.5) is 17.3 Å². The highest BCUT2D eigenvalue weighted by Gasteiger charge is 2.26. The molecule has 1 aromatic heterocycles. The Morgan fingerprint density at radius 2 is 1.91 bits per heavy atom. The molecule has 0 radical (unpaired) electrons. The zero-order valence-electron chi connectivity index (χ0n) is 18.0. The molecule has 10 heteroatoms. The van der Waals surface area contributed by atoms with Gasteiger partial charge in [0.15, 0.2) is 5.91 Å². The first-order chi connectivity index (χ1) is 16.5. The lowest BCUT2D eigenvalue weighted by atomic mass is 10.1. The first kappa shape index (κ1) is 21.8. The Hall–Kier alpha value is -4.05. The second-order valence-corrected chi connectivity index (χ2v) is 9.07. The molecule has 5 rings (SSSR count). The van der Waals surface area contributed by atoms with E-state index in [2.05, 4.69) is 25.9 Å². The van der Waals surface area contributed by atoms with Crippen molar-refractivity contribution in [2.45, 2.75) is 19.3 Å². The summed E-state index contributed by atoms with van der Waals surface area (Å²) in [7, 11) is 0. The van der Waals surface area contributed by atoms with E-state index in [-0.39, 0.29) is 23.4 Å². The zero-order valence-corrected chi connectivity index (χ0v) is 18.8. The summed E-state index contributed by atoms with van der Waals surface area (Å²) in [6.45, 7) is 0. The van der Waals surface area contributed by atoms with Crippen LogP contribution in [0.15, 0.2) is 54.7 Å². The summed E-state index contributed by atoms with van der Waals surface area (Å²) in [4.78, 5) is 33.5. The maximum Gasteiger partial charge on any atom is 0.228 e. The molecule has 0 unspecified atom stereocenters. The van der Waals surface area contributed by atoms with Gasteiger partial charge in [-0.1, -0.05) is 30.0 Å². The van der Waals surface area contributed by atoms with Crippen LogP contribution in [-0.4, -0.2) is 32.0 Å². The van der Waals surface area contributed by atoms with Crippen LogP contribution < -0.4 is 16.0 Å². The highest BCUT2D eigenvalue weighted by Crippen LogP contribution is 2.34. The van der Waals surface area contributed by atoms with Crippen LogP contribution in [-0.2, 0) is 11.2 Å². The van der Waals surface area contributed by atoms with E-state index in [0.29, 0.717) is 33.6 Å². The molecule has 170 valence electrons. The predicted octanol–water partition coefficient (Wildman–Crippen LogP) is 4.16. The SMILES string of the molecule is [N-]=C(NC(=O)c1ccc(Nc2ncc3c(n2)-c2ccccc2NC(=O)C3)cc1)SC(=N)C1CC1. The van der Waals surface area contributed by atoms with Gasteiger partial charge in [0.25, 0.3) is 0 Å². The Kier molecular flexibility index (Phi) is 5.81. The number of nitrogens with one attached hydrogen (secondary N) is 4. The maximum absolute atomic E-state index is 12.4. The Morgan fingerprint density at radius 3 is 2.68 bits per heavy atom. The molecule has 9 nitrogen and oxygen atoms in total. The third-order valence-corrected chi connectivity index (χ3v) is 6.30. The summed E-state index contributed by atoms with van der Waals surface area (Å²) in [5.74, 6) is -0.0125. The summed E-state index contributed by atoms with van der Waals surface area (Å²) >= 11 is 0.875. The molecule has 2 aromatic carbocycles. The van der Waals surface area contributed by atoms with Crippen LogP contribution in [0.2, 0.25) is 0 Å². The van der Waals surface area contributed by atoms with Gasteiger partial charge in [-0.2, -0.15) is 0 Å². The number of para-hydroxylation sites is 1. The van der Waals surface area contributed by atoms with Gasteiger partial charge in [0.1, 0.15) is 0 Å². The summed E-state index contributed by atoms with van der Waals surface area (Å²) in [5.41, 5.74) is 3.98. The first-order valence-electron chi connectivity index (χ1n) is 10.7. The van der Waals surface area contributed by atoms with Crippen molar-refractivity contribution in [1.29, 1.82) is 5.41 Å². The van der Waals surface area contributed by atoms with E-state index in [9.17, 15) is 15.0 Å². The molecule has 1 aliphatic carbocycles. The molecular formula is C24H20N7O2S-. The molecule has 3 aromatic rings. The number of fused-ring (bicyclic) bond motifs is 3. The monoisotopic (exact) mass is 470 g/mol. The van der Waals surface area contributed by atoms with E-state index in [1.54, 1.807) is 30.5 Å². The van der Waals surface area contributed by atoms with Crippen LogP contribution in [0.25, 0.3) is 16.7 Å². The summed E-state index contributed by atoms with van der Waals surface area (Å²) in [6.07, 6.45) is 3.74. The Labute approximate surface area is 199 Å². The van der Waals surface area contributed by atoms with Gasteiger partial charge in [0.2, 0.25) is 11.9 Å². The van der Waals surface area contributed by atoms with Crippen LogP contribution >= 0.6 is 11.8 Å². The fourth-order valence-electron chi connectivity index (χ4n) is 3.56. The number of hydrogen-bond acceptors (Lipinski definition) is 7. The number of carbonyl (C=O) groups is 2. The summed E-state index contributed by atoms with van der Waals surface area (Å²) < 4.78 is 0. The van der Waals surface area contributed by atoms with Crippen LogP contribution in [0.5, 0.6) is 0 Å². The van der Waals surface area contributed by atoms with Gasteiger partial charge in [0.05, 0.1) is 22.8 Å². The van der Waals surface area contributed by atoms with Crippen LogP contribution in [0, 0.1) is 11.3 Å². The van der Waals surface area contributed by atoms with E-state index in [4.69, 9.17) is 5.41 Å². The lowest BCUT2D eigenvalue weighted by molar-refractivity contribution is -0.115. The van der Waals surface area contributed by atoms with E-state index < -0.39 is 5.91 Å². The topological polar surface area (TPSA) is 142 Å². The molecule has 0 bridgehead atoms. The molecule has 2 heterocycles. The average molecular weight is 471 g/mol. The molecule has 1 fully saturated rings. The Morgan fingerprint density at radius 1 is 1.15 bits per heavy atom. The molecule has 2 amide bonds. The minimum atomic E-state index is -0.463. The van der Waals surface area contributed by atoms with Crippen molar-refractivity contribution in [1.82, 2.24) is 15.3 Å². The number of hydrogen-bond donors (Lipinski definition) is 4. The van der Waals surface area contributed by atoms with Crippen LogP contribution in [0.3, 0.4) is 0 Å². The molecule has 1 aliphatic heterocycles. The maximum atomic E-state index is 12.4. The van der Waals surface area contributed by atoms with E-state index >= 15 is 0 Å². The number of carbonyl (C=O) groups excluding carboxylic acids is 2. The second kappa shape index (κ2) is 9.06. The van der Waals surface area contributed by atoms with Gasteiger partial charge >= 0.3 is 0 Å². The minimum absolute atomic E-state index is 0.115. The third-order valence-electron chi connectivity index (χ3n) is 5.45. The number of nitrogens with zero attached hydrogens (tertiary/aromatic N) is 3. The smallest absolute Gasteiger partial charge is 0.228 e. The third kappa shape index (κ3) is 4.81. The van der Waals surface area contributed by atoms with Gasteiger partial charge in [-0.15, -0.1) is 0 Å². The highest BCUT2D eigenvalue weighted by atomic mass is 32.2. The summed E-state index contributed by atoms with van der Waals surface area (Å²) in [5, 5.41) is 26.3. The molecule has 4 N–H and O–H groups in total. The fourth-order valence-corrected chi connectivity index (χ4v) is 4.31. The van der Waals surface area contributed by atoms with E-state index in [1.165, 1.54) is 0 Å². The largest absolute Gasteiger partial charge is 0.459 e. The van der Waals surface area contributed by atoms with Crippen molar-refractivity contribution in [3.63, 3.8) is 0 Å². The molecule has 34 heavy (non-hydrogen) atoms. The van der Waals surface area contributed by atoms with Gasteiger partial charge in [-0.05, 0) is 48.3 Å². The lowest BCUT2D eigenvalue weighted by Gasteiger charge is -2.15. The van der Waals surface area contributed by atoms with Crippen molar-refractivity contribution in [2.24, 2.45) is 5.92 Å². The molecule has 0 spiro atoms. The van der Waals surface area contributed by atoms with E-state index in [1.807, 2.05) is 24.3 Å². The average Bonchev–Trinajstić information content (AvgIpc) is 3.67. The first-order valence-corrected chi connectivity index (χ1v) is 11.5. The van der Waals surface area contributed by atoms with Gasteiger partial charge in [-0.3, -0.25) is 15.0 Å². The molecular weight excluding hydrogens is 450 g/mol. The second-order valence-electron chi connectivity index (χ2n) is 8.04. The van der Waals surface area contributed by atoms with Crippen molar-refractivity contribution < 1.29 is 9.59 Å². The van der Waals surface area contributed by atoms with Crippen molar-refractivity contribution in [3.8, 4) is 11.3 Å².